The molecule has 7 heteroatoms. The zero-order valence-electron chi connectivity index (χ0n) is 11.3. The molecule has 7 nitrogen and oxygen atoms in total. The fourth-order valence-corrected chi connectivity index (χ4v) is 1.85. The minimum Gasteiger partial charge on any atom is -0.391 e. The molecule has 2 aromatic heterocycles. The molecule has 2 aromatic rings. The largest absolute Gasteiger partial charge is 0.391 e. The summed E-state index contributed by atoms with van der Waals surface area (Å²) in [5.74, 6) is 1.20. The predicted octanol–water partition coefficient (Wildman–Crippen LogP) is 1.36. The first kappa shape index (κ1) is 13.5. The van der Waals surface area contributed by atoms with E-state index < -0.39 is 0 Å². The van der Waals surface area contributed by atoms with Crippen LogP contribution < -0.4 is 10.6 Å². The summed E-state index contributed by atoms with van der Waals surface area (Å²) in [6.45, 7) is 5.23. The number of aromatic amines is 1. The molecular formula is C12H20N6O. The second-order valence-electron chi connectivity index (χ2n) is 4.35. The maximum atomic E-state index is 9.76. The first-order valence-corrected chi connectivity index (χ1v) is 6.61. The fraction of sp³-hybridized carbons (Fsp3) is 0.583. The van der Waals surface area contributed by atoms with Crippen molar-refractivity contribution in [2.75, 3.05) is 23.7 Å². The quantitative estimate of drug-likeness (QED) is 0.602. The van der Waals surface area contributed by atoms with Crippen molar-refractivity contribution in [3.05, 3.63) is 6.33 Å². The Hall–Kier alpha value is -1.89. The van der Waals surface area contributed by atoms with Crippen molar-refractivity contribution in [1.29, 1.82) is 0 Å². The maximum absolute atomic E-state index is 9.76. The van der Waals surface area contributed by atoms with Crippen LogP contribution in [0.2, 0.25) is 0 Å². The van der Waals surface area contributed by atoms with Gasteiger partial charge in [-0.25, -0.2) is 4.98 Å². The number of fused-ring (bicyclic) bond motifs is 1. The molecule has 0 aliphatic carbocycles. The van der Waals surface area contributed by atoms with Gasteiger partial charge in [-0.05, 0) is 13.3 Å². The molecule has 0 amide bonds. The van der Waals surface area contributed by atoms with Crippen LogP contribution >= 0.6 is 0 Å². The van der Waals surface area contributed by atoms with E-state index in [2.05, 4.69) is 30.6 Å². The van der Waals surface area contributed by atoms with E-state index in [1.165, 1.54) is 0 Å². The van der Waals surface area contributed by atoms with Gasteiger partial charge >= 0.3 is 0 Å². The van der Waals surface area contributed by atoms with Crippen LogP contribution in [0.25, 0.3) is 11.2 Å². The summed E-state index contributed by atoms with van der Waals surface area (Å²) in [5, 5.41) is 16.0. The summed E-state index contributed by atoms with van der Waals surface area (Å²) in [6, 6.07) is 0. The lowest BCUT2D eigenvalue weighted by atomic mass is 10.2. The van der Waals surface area contributed by atoms with Crippen LogP contribution in [0.4, 0.5) is 11.8 Å². The zero-order valence-corrected chi connectivity index (χ0v) is 11.3. The summed E-state index contributed by atoms with van der Waals surface area (Å²) in [6.07, 6.45) is 2.93. The second-order valence-corrected chi connectivity index (χ2v) is 4.35. The van der Waals surface area contributed by atoms with Crippen LogP contribution in [0.3, 0.4) is 0 Å². The van der Waals surface area contributed by atoms with Gasteiger partial charge in [-0.3, -0.25) is 0 Å². The van der Waals surface area contributed by atoms with E-state index in [-0.39, 0.29) is 6.10 Å². The van der Waals surface area contributed by atoms with E-state index in [4.69, 9.17) is 0 Å². The predicted molar refractivity (Wildman–Crippen MR) is 75.3 cm³/mol. The van der Waals surface area contributed by atoms with Gasteiger partial charge < -0.3 is 20.7 Å². The number of aliphatic hydroxyl groups is 1. The molecule has 0 saturated carbocycles. The monoisotopic (exact) mass is 264 g/mol. The minimum atomic E-state index is -0.375. The van der Waals surface area contributed by atoms with Crippen molar-refractivity contribution in [3.63, 3.8) is 0 Å². The van der Waals surface area contributed by atoms with E-state index >= 15 is 0 Å². The Morgan fingerprint density at radius 2 is 2.16 bits per heavy atom. The molecule has 19 heavy (non-hydrogen) atoms. The Morgan fingerprint density at radius 1 is 1.32 bits per heavy atom. The van der Waals surface area contributed by atoms with Crippen LogP contribution in [0.15, 0.2) is 6.33 Å². The number of H-pyrrole nitrogens is 1. The number of hydrogen-bond acceptors (Lipinski definition) is 6. The number of anilines is 2. The van der Waals surface area contributed by atoms with Gasteiger partial charge in [-0.1, -0.05) is 13.3 Å². The summed E-state index contributed by atoms with van der Waals surface area (Å²) in [7, 11) is 0. The Bertz CT molecular complexity index is 526. The van der Waals surface area contributed by atoms with E-state index in [1.54, 1.807) is 6.33 Å². The summed E-state index contributed by atoms with van der Waals surface area (Å²) in [4.78, 5) is 15.8. The Balaban J connectivity index is 2.17. The smallest absolute Gasteiger partial charge is 0.226 e. The van der Waals surface area contributed by atoms with Crippen LogP contribution in [-0.2, 0) is 0 Å². The third-order valence-corrected chi connectivity index (χ3v) is 2.75. The Kier molecular flexibility index (Phi) is 4.51. The number of aromatic nitrogens is 4. The van der Waals surface area contributed by atoms with Gasteiger partial charge in [-0.15, -0.1) is 0 Å². The van der Waals surface area contributed by atoms with Crippen LogP contribution in [0.1, 0.15) is 26.7 Å². The molecule has 1 atom stereocenters. The molecule has 0 aliphatic rings. The first-order chi connectivity index (χ1) is 9.24. The molecule has 0 bridgehead atoms. The van der Waals surface area contributed by atoms with Crippen molar-refractivity contribution in [2.24, 2.45) is 0 Å². The second kappa shape index (κ2) is 6.33. The van der Waals surface area contributed by atoms with Crippen molar-refractivity contribution in [3.8, 4) is 0 Å². The normalized spacial score (nSPS) is 12.6. The molecule has 0 spiro atoms. The van der Waals surface area contributed by atoms with Crippen molar-refractivity contribution in [2.45, 2.75) is 32.8 Å². The van der Waals surface area contributed by atoms with E-state index in [9.17, 15) is 5.11 Å². The highest BCUT2D eigenvalue weighted by Gasteiger charge is 2.10. The average molecular weight is 264 g/mol. The molecular weight excluding hydrogens is 244 g/mol. The summed E-state index contributed by atoms with van der Waals surface area (Å²) in [5.41, 5.74) is 1.36. The summed E-state index contributed by atoms with van der Waals surface area (Å²) < 4.78 is 0. The lowest BCUT2D eigenvalue weighted by molar-refractivity contribution is 0.176. The number of aliphatic hydroxyl groups excluding tert-OH is 1. The van der Waals surface area contributed by atoms with Gasteiger partial charge in [-0.2, -0.15) is 9.97 Å². The molecule has 0 aromatic carbocycles. The Labute approximate surface area is 111 Å². The fourth-order valence-electron chi connectivity index (χ4n) is 1.85. The van der Waals surface area contributed by atoms with Crippen LogP contribution in [-0.4, -0.2) is 44.2 Å². The molecule has 2 rings (SSSR count). The van der Waals surface area contributed by atoms with Gasteiger partial charge in [0.2, 0.25) is 5.95 Å². The number of nitrogens with one attached hydrogen (secondary N) is 3. The standard InChI is InChI=1S/C12H20N6O/c1-3-5-8(19)6-14-10-9-11(16-7-15-9)18-12(17-10)13-4-2/h7-8,19H,3-6H2,1-2H3,(H3,13,14,15,16,17,18). The van der Waals surface area contributed by atoms with Crippen molar-refractivity contribution < 1.29 is 5.11 Å². The minimum absolute atomic E-state index is 0.375. The number of rotatable bonds is 7. The third kappa shape index (κ3) is 3.31. The van der Waals surface area contributed by atoms with E-state index in [1.807, 2.05) is 13.8 Å². The van der Waals surface area contributed by atoms with Gasteiger partial charge in [0.1, 0.15) is 5.52 Å². The highest BCUT2D eigenvalue weighted by molar-refractivity contribution is 5.83. The molecule has 4 N–H and O–H groups in total. The molecule has 0 fully saturated rings. The van der Waals surface area contributed by atoms with Gasteiger partial charge in [0.15, 0.2) is 11.5 Å². The molecule has 1 unspecified atom stereocenters. The molecule has 0 aliphatic heterocycles. The van der Waals surface area contributed by atoms with Crippen LogP contribution in [0, 0.1) is 0 Å². The maximum Gasteiger partial charge on any atom is 0.226 e. The van der Waals surface area contributed by atoms with Crippen molar-refractivity contribution in [1.82, 2.24) is 19.9 Å². The molecule has 0 saturated heterocycles. The molecule has 2 heterocycles. The zero-order chi connectivity index (χ0) is 13.7. The third-order valence-electron chi connectivity index (χ3n) is 2.75. The first-order valence-electron chi connectivity index (χ1n) is 6.61. The number of imidazole rings is 1. The lowest BCUT2D eigenvalue weighted by Crippen LogP contribution is -2.20. The topological polar surface area (TPSA) is 98.8 Å². The number of nitrogens with zero attached hydrogens (tertiary/aromatic N) is 3. The summed E-state index contributed by atoms with van der Waals surface area (Å²) >= 11 is 0. The van der Waals surface area contributed by atoms with E-state index in [0.29, 0.717) is 24.0 Å². The SMILES string of the molecule is CCCC(O)CNc1nc(NCC)nc2nc[nH]c12. The average Bonchev–Trinajstić information content (AvgIpc) is 2.85. The lowest BCUT2D eigenvalue weighted by Gasteiger charge is -2.12. The Morgan fingerprint density at radius 3 is 2.89 bits per heavy atom. The molecule has 104 valence electrons. The number of hydrogen-bond donors (Lipinski definition) is 4. The van der Waals surface area contributed by atoms with Crippen LogP contribution in [0.5, 0.6) is 0 Å². The highest BCUT2D eigenvalue weighted by Crippen LogP contribution is 2.18. The van der Waals surface area contributed by atoms with Gasteiger partial charge in [0.05, 0.1) is 12.4 Å². The van der Waals surface area contributed by atoms with Gasteiger partial charge in [0, 0.05) is 13.1 Å². The van der Waals surface area contributed by atoms with E-state index in [0.717, 1.165) is 24.9 Å². The highest BCUT2D eigenvalue weighted by atomic mass is 16.3. The molecule has 0 radical (unpaired) electrons. The van der Waals surface area contributed by atoms with Crippen molar-refractivity contribution >= 4 is 22.9 Å². The van der Waals surface area contributed by atoms with Gasteiger partial charge in [0.25, 0.3) is 0 Å².